The molecule has 0 bridgehead atoms. The van der Waals surface area contributed by atoms with Gasteiger partial charge in [-0.2, -0.15) is 0 Å². The van der Waals surface area contributed by atoms with Gasteiger partial charge in [0.25, 0.3) is 0 Å². The summed E-state index contributed by atoms with van der Waals surface area (Å²) in [6.07, 6.45) is 6.46. The fourth-order valence-corrected chi connectivity index (χ4v) is 6.04. The van der Waals surface area contributed by atoms with E-state index in [0.29, 0.717) is 12.8 Å². The lowest BCUT2D eigenvalue weighted by Crippen LogP contribution is -2.60. The summed E-state index contributed by atoms with van der Waals surface area (Å²) in [5.41, 5.74) is 2.21. The van der Waals surface area contributed by atoms with Crippen LogP contribution in [0.3, 0.4) is 0 Å². The van der Waals surface area contributed by atoms with Gasteiger partial charge in [-0.05, 0) is 75.4 Å². The number of aliphatic hydroxyl groups is 1. The van der Waals surface area contributed by atoms with Crippen LogP contribution >= 0.6 is 0 Å². The number of phenolic OH excluding ortho intramolecular Hbond substituents is 1. The van der Waals surface area contributed by atoms with Crippen LogP contribution in [0.4, 0.5) is 0 Å². The maximum absolute atomic E-state index is 12.7. The van der Waals surface area contributed by atoms with E-state index in [9.17, 15) is 15.0 Å². The molecule has 2 aromatic rings. The number of piperidine rings is 1. The number of carbonyl (C=O) groups is 1. The van der Waals surface area contributed by atoms with Crippen LogP contribution in [0.5, 0.6) is 5.75 Å². The zero-order valence-corrected chi connectivity index (χ0v) is 19.7. The first-order chi connectivity index (χ1) is 16.0. The van der Waals surface area contributed by atoms with E-state index in [1.54, 1.807) is 6.07 Å². The molecule has 2 aromatic carbocycles. The van der Waals surface area contributed by atoms with Crippen molar-refractivity contribution >= 4 is 5.91 Å². The fraction of sp³-hybridized carbons (Fsp3) is 0.536. The minimum absolute atomic E-state index is 0.0428. The van der Waals surface area contributed by atoms with Crippen LogP contribution < -0.4 is 5.32 Å². The van der Waals surface area contributed by atoms with Gasteiger partial charge >= 0.3 is 0 Å². The number of fused-ring (bicyclic) bond motifs is 1. The Balaban J connectivity index is 1.34. The normalized spacial score (nSPS) is 27.6. The molecule has 0 aromatic heterocycles. The van der Waals surface area contributed by atoms with Gasteiger partial charge in [-0.15, -0.1) is 0 Å². The van der Waals surface area contributed by atoms with E-state index in [-0.39, 0.29) is 29.0 Å². The summed E-state index contributed by atoms with van der Waals surface area (Å²) in [5, 5.41) is 24.5. The Kier molecular flexibility index (Phi) is 7.71. The number of aliphatic hydroxyl groups excluding tert-OH is 1. The molecule has 0 radical (unpaired) electrons. The molecule has 4 unspecified atom stereocenters. The monoisotopic (exact) mass is 450 g/mol. The Hall–Kier alpha value is -2.37. The maximum atomic E-state index is 12.7. The van der Waals surface area contributed by atoms with Gasteiger partial charge in [0, 0.05) is 30.3 Å². The zero-order chi connectivity index (χ0) is 23.3. The molecule has 4 rings (SSSR count). The van der Waals surface area contributed by atoms with Gasteiger partial charge in [-0.3, -0.25) is 4.79 Å². The van der Waals surface area contributed by atoms with Crippen molar-refractivity contribution in [3.8, 4) is 5.75 Å². The van der Waals surface area contributed by atoms with Crippen molar-refractivity contribution in [2.75, 3.05) is 20.1 Å². The third-order valence-electron chi connectivity index (χ3n) is 7.76. The number of hydrogen-bond donors (Lipinski definition) is 3. The molecule has 2 aliphatic rings. The average Bonchev–Trinajstić information content (AvgIpc) is 2.80. The standard InChI is InChI=1S/C28H38N2O3/c1-30-16-15-28(22-12-8-13-24(31)17-22)19-23(18-26(32)25(28)20-30)29-27(33)14-7-3-6-11-21-9-4-2-5-10-21/h2,4-5,8-10,12-13,17,23,25-26,31-32H,3,6-7,11,14-16,18-20H2,1H3,(H,29,33). The van der Waals surface area contributed by atoms with Crippen LogP contribution in [0.1, 0.15) is 56.1 Å². The van der Waals surface area contributed by atoms with Gasteiger partial charge in [0.1, 0.15) is 5.75 Å². The SMILES string of the molecule is CN1CCC2(c3cccc(O)c3)CC(NC(=O)CCCCCc3ccccc3)CC(O)C2C1. The lowest BCUT2D eigenvalue weighted by Gasteiger charge is -2.54. The number of hydrogen-bond acceptors (Lipinski definition) is 4. The van der Waals surface area contributed by atoms with E-state index >= 15 is 0 Å². The third kappa shape index (κ3) is 5.77. The van der Waals surface area contributed by atoms with E-state index in [0.717, 1.165) is 57.2 Å². The van der Waals surface area contributed by atoms with Crippen molar-refractivity contribution in [1.82, 2.24) is 10.2 Å². The first-order valence-electron chi connectivity index (χ1n) is 12.5. The quantitative estimate of drug-likeness (QED) is 0.531. The van der Waals surface area contributed by atoms with Crippen LogP contribution in [0.25, 0.3) is 0 Å². The van der Waals surface area contributed by atoms with Crippen LogP contribution in [0.2, 0.25) is 0 Å². The Morgan fingerprint density at radius 3 is 2.73 bits per heavy atom. The van der Waals surface area contributed by atoms with Crippen molar-refractivity contribution in [2.45, 2.75) is 68.9 Å². The molecule has 0 spiro atoms. The van der Waals surface area contributed by atoms with Crippen LogP contribution in [-0.2, 0) is 16.6 Å². The number of carbonyl (C=O) groups excluding carboxylic acids is 1. The molecule has 33 heavy (non-hydrogen) atoms. The molecule has 5 heteroatoms. The number of nitrogens with one attached hydrogen (secondary N) is 1. The summed E-state index contributed by atoms with van der Waals surface area (Å²) in [4.78, 5) is 15.0. The average molecular weight is 451 g/mol. The topological polar surface area (TPSA) is 72.8 Å². The highest BCUT2D eigenvalue weighted by atomic mass is 16.3. The van der Waals surface area contributed by atoms with Gasteiger partial charge in [0.15, 0.2) is 0 Å². The number of amides is 1. The first kappa shape index (κ1) is 23.8. The molecule has 1 amide bonds. The summed E-state index contributed by atoms with van der Waals surface area (Å²) in [5.74, 6) is 0.448. The molecule has 178 valence electrons. The highest BCUT2D eigenvalue weighted by molar-refractivity contribution is 5.76. The Bertz CT molecular complexity index is 918. The summed E-state index contributed by atoms with van der Waals surface area (Å²) in [7, 11) is 2.10. The Morgan fingerprint density at radius 1 is 1.12 bits per heavy atom. The number of nitrogens with zero attached hydrogens (tertiary/aromatic N) is 1. The summed E-state index contributed by atoms with van der Waals surface area (Å²) < 4.78 is 0. The minimum atomic E-state index is -0.472. The molecular weight excluding hydrogens is 412 g/mol. The highest BCUT2D eigenvalue weighted by Crippen LogP contribution is 2.49. The van der Waals surface area contributed by atoms with E-state index in [2.05, 4.69) is 47.6 Å². The molecule has 1 saturated carbocycles. The van der Waals surface area contributed by atoms with Gasteiger partial charge in [0.05, 0.1) is 6.10 Å². The molecule has 3 N–H and O–H groups in total. The molecule has 1 saturated heterocycles. The molecule has 5 nitrogen and oxygen atoms in total. The van der Waals surface area contributed by atoms with E-state index < -0.39 is 6.10 Å². The number of likely N-dealkylation sites (tertiary alicyclic amines) is 1. The molecule has 1 aliphatic heterocycles. The van der Waals surface area contributed by atoms with E-state index in [1.165, 1.54) is 5.56 Å². The second-order valence-electron chi connectivity index (χ2n) is 10.1. The second-order valence-corrected chi connectivity index (χ2v) is 10.1. The highest BCUT2D eigenvalue weighted by Gasteiger charge is 2.51. The lowest BCUT2D eigenvalue weighted by atomic mass is 9.57. The second kappa shape index (κ2) is 10.7. The predicted molar refractivity (Wildman–Crippen MR) is 131 cm³/mol. The number of aryl methyl sites for hydroxylation is 1. The van der Waals surface area contributed by atoms with Gasteiger partial charge in [-0.1, -0.05) is 48.9 Å². The summed E-state index contributed by atoms with van der Waals surface area (Å²) in [6.45, 7) is 1.78. The van der Waals surface area contributed by atoms with E-state index in [1.807, 2.05) is 18.2 Å². The Morgan fingerprint density at radius 2 is 1.94 bits per heavy atom. The van der Waals surface area contributed by atoms with Gasteiger partial charge < -0.3 is 20.4 Å². The smallest absolute Gasteiger partial charge is 0.220 e. The van der Waals surface area contributed by atoms with Crippen molar-refractivity contribution in [3.63, 3.8) is 0 Å². The van der Waals surface area contributed by atoms with E-state index in [4.69, 9.17) is 0 Å². The van der Waals surface area contributed by atoms with Crippen LogP contribution in [0.15, 0.2) is 54.6 Å². The molecule has 1 aliphatic carbocycles. The molecular formula is C28H38N2O3. The van der Waals surface area contributed by atoms with Crippen molar-refractivity contribution in [3.05, 3.63) is 65.7 Å². The first-order valence-corrected chi connectivity index (χ1v) is 12.5. The number of phenols is 1. The van der Waals surface area contributed by atoms with Crippen molar-refractivity contribution in [2.24, 2.45) is 5.92 Å². The minimum Gasteiger partial charge on any atom is -0.508 e. The van der Waals surface area contributed by atoms with Crippen LogP contribution in [-0.4, -0.2) is 53.3 Å². The third-order valence-corrected chi connectivity index (χ3v) is 7.76. The van der Waals surface area contributed by atoms with Crippen LogP contribution in [0, 0.1) is 5.92 Å². The zero-order valence-electron chi connectivity index (χ0n) is 19.7. The summed E-state index contributed by atoms with van der Waals surface area (Å²) in [6, 6.07) is 17.9. The van der Waals surface area contributed by atoms with Crippen molar-refractivity contribution in [1.29, 1.82) is 0 Å². The largest absolute Gasteiger partial charge is 0.508 e. The lowest BCUT2D eigenvalue weighted by molar-refractivity contribution is -0.123. The number of unbranched alkanes of at least 4 members (excludes halogenated alkanes) is 2. The Labute approximate surface area is 197 Å². The number of aromatic hydroxyl groups is 1. The maximum Gasteiger partial charge on any atom is 0.220 e. The van der Waals surface area contributed by atoms with Gasteiger partial charge in [0.2, 0.25) is 5.91 Å². The fourth-order valence-electron chi connectivity index (χ4n) is 6.04. The van der Waals surface area contributed by atoms with Crippen molar-refractivity contribution < 1.29 is 15.0 Å². The number of rotatable bonds is 8. The summed E-state index contributed by atoms with van der Waals surface area (Å²) >= 11 is 0. The van der Waals surface area contributed by atoms with Gasteiger partial charge in [-0.25, -0.2) is 0 Å². The molecule has 1 heterocycles. The number of benzene rings is 2. The molecule has 2 fully saturated rings. The predicted octanol–water partition coefficient (Wildman–Crippen LogP) is 4.02. The molecule has 4 atom stereocenters.